The molecule has 4 atom stereocenters. The van der Waals surface area contributed by atoms with Crippen molar-refractivity contribution in [2.75, 3.05) is 0 Å². The van der Waals surface area contributed by atoms with E-state index in [1.54, 1.807) is 0 Å². The van der Waals surface area contributed by atoms with E-state index in [9.17, 15) is 0 Å². The van der Waals surface area contributed by atoms with Crippen molar-refractivity contribution in [3.05, 3.63) is 107 Å². The average molecular weight is 405 g/mol. The molecule has 0 aliphatic heterocycles. The first kappa shape index (κ1) is 25.5. The van der Waals surface area contributed by atoms with Crippen LogP contribution in [0.3, 0.4) is 0 Å². The van der Waals surface area contributed by atoms with Crippen molar-refractivity contribution >= 4 is 0 Å². The molecule has 0 spiro atoms. The molecule has 0 saturated carbocycles. The molecule has 0 aliphatic rings. The zero-order chi connectivity index (χ0) is 21.3. The van der Waals surface area contributed by atoms with Crippen LogP contribution in [0, 0.1) is 17.9 Å². The third-order valence-corrected chi connectivity index (χ3v) is 6.76. The number of rotatable bonds is 10. The van der Waals surface area contributed by atoms with Gasteiger partial charge in [-0.1, -0.05) is 113 Å². The van der Waals surface area contributed by atoms with Gasteiger partial charge in [-0.2, -0.15) is 24.3 Å². The topological polar surface area (TPSA) is 0 Å². The Morgan fingerprint density at radius 3 is 1.55 bits per heavy atom. The standard InChI is InChI=1S/C30H37.Li/c1-5-23(3)21-29(25-15-9-7-10-16-25)27-19-13-14-20-28(27)30(22-24(4)6-2)26-17-11-8-12-18-26;/h7-13,15-20,23-24,29-30H,5-6,21-22H2,1-4H3;/q-1;+1. The largest absolute Gasteiger partial charge is 1.00 e. The molecule has 158 valence electrons. The molecule has 3 aromatic carbocycles. The minimum atomic E-state index is 0. The molecule has 0 fully saturated rings. The van der Waals surface area contributed by atoms with Crippen LogP contribution in [0.15, 0.2) is 78.9 Å². The molecule has 0 heterocycles. The van der Waals surface area contributed by atoms with Crippen molar-refractivity contribution in [2.45, 2.75) is 65.2 Å². The van der Waals surface area contributed by atoms with Crippen LogP contribution in [0.4, 0.5) is 0 Å². The molecule has 3 aromatic rings. The summed E-state index contributed by atoms with van der Waals surface area (Å²) in [6, 6.07) is 32.3. The number of hydrogen-bond donors (Lipinski definition) is 0. The van der Waals surface area contributed by atoms with Crippen molar-refractivity contribution in [1.29, 1.82) is 0 Å². The van der Waals surface area contributed by atoms with Gasteiger partial charge in [-0.05, 0) is 35.7 Å². The van der Waals surface area contributed by atoms with Crippen LogP contribution in [0.25, 0.3) is 0 Å². The van der Waals surface area contributed by atoms with Crippen LogP contribution >= 0.6 is 0 Å². The quantitative estimate of drug-likeness (QED) is 0.304. The molecular weight excluding hydrogens is 367 g/mol. The van der Waals surface area contributed by atoms with E-state index in [4.69, 9.17) is 0 Å². The molecule has 4 unspecified atom stereocenters. The second-order valence-corrected chi connectivity index (χ2v) is 8.98. The molecule has 0 nitrogen and oxygen atoms in total. The fourth-order valence-corrected chi connectivity index (χ4v) is 4.47. The smallest absolute Gasteiger partial charge is 0.184 e. The zero-order valence-electron chi connectivity index (χ0n) is 20.1. The van der Waals surface area contributed by atoms with Crippen LogP contribution in [-0.4, -0.2) is 0 Å². The van der Waals surface area contributed by atoms with Gasteiger partial charge >= 0.3 is 18.9 Å². The molecular formula is C30H37Li. The molecule has 0 aliphatic carbocycles. The average Bonchev–Trinajstić information content (AvgIpc) is 2.81. The first-order valence-corrected chi connectivity index (χ1v) is 11.7. The summed E-state index contributed by atoms with van der Waals surface area (Å²) in [5, 5.41) is 0. The SMILES string of the molecule is CCC(C)CC(c1ccccc1)c1c[c-]ccc1C(CC(C)CC)c1ccccc1.[Li+]. The maximum Gasteiger partial charge on any atom is 1.00 e. The third-order valence-electron chi connectivity index (χ3n) is 6.76. The Morgan fingerprint density at radius 2 is 1.10 bits per heavy atom. The normalized spacial score (nSPS) is 14.8. The summed E-state index contributed by atoms with van der Waals surface area (Å²) >= 11 is 0. The van der Waals surface area contributed by atoms with Crippen LogP contribution in [0.2, 0.25) is 0 Å². The van der Waals surface area contributed by atoms with E-state index in [0.717, 1.165) is 0 Å². The summed E-state index contributed by atoms with van der Waals surface area (Å²) < 4.78 is 0. The summed E-state index contributed by atoms with van der Waals surface area (Å²) in [5.74, 6) is 2.22. The van der Waals surface area contributed by atoms with Crippen molar-refractivity contribution in [1.82, 2.24) is 0 Å². The molecule has 31 heavy (non-hydrogen) atoms. The van der Waals surface area contributed by atoms with Gasteiger partial charge in [0.05, 0.1) is 0 Å². The Morgan fingerprint density at radius 1 is 0.645 bits per heavy atom. The van der Waals surface area contributed by atoms with E-state index in [2.05, 4.69) is 113 Å². The Hall–Kier alpha value is -1.74. The molecule has 3 rings (SSSR count). The minimum absolute atomic E-state index is 0. The molecule has 0 bridgehead atoms. The molecule has 0 aromatic heterocycles. The predicted octanol–water partition coefficient (Wildman–Crippen LogP) is 5.63. The summed E-state index contributed by atoms with van der Waals surface area (Å²) in [5.41, 5.74) is 5.80. The minimum Gasteiger partial charge on any atom is -0.184 e. The Labute approximate surface area is 202 Å². The first-order valence-electron chi connectivity index (χ1n) is 11.7. The monoisotopic (exact) mass is 404 g/mol. The second-order valence-electron chi connectivity index (χ2n) is 8.98. The van der Waals surface area contributed by atoms with Gasteiger partial charge < -0.3 is 0 Å². The maximum absolute atomic E-state index is 3.42. The van der Waals surface area contributed by atoms with Gasteiger partial charge in [0.25, 0.3) is 0 Å². The van der Waals surface area contributed by atoms with E-state index in [1.165, 1.54) is 47.9 Å². The van der Waals surface area contributed by atoms with Crippen LogP contribution < -0.4 is 18.9 Å². The van der Waals surface area contributed by atoms with E-state index < -0.39 is 0 Å². The van der Waals surface area contributed by atoms with E-state index in [0.29, 0.717) is 23.7 Å². The fourth-order valence-electron chi connectivity index (χ4n) is 4.47. The molecule has 0 amide bonds. The van der Waals surface area contributed by atoms with E-state index >= 15 is 0 Å². The molecule has 0 saturated heterocycles. The Bertz CT molecular complexity index is 797. The first-order chi connectivity index (χ1) is 14.6. The van der Waals surface area contributed by atoms with E-state index in [1.807, 2.05) is 0 Å². The van der Waals surface area contributed by atoms with Crippen molar-refractivity contribution in [2.24, 2.45) is 11.8 Å². The summed E-state index contributed by atoms with van der Waals surface area (Å²) in [7, 11) is 0. The third kappa shape index (κ3) is 6.87. The van der Waals surface area contributed by atoms with Crippen molar-refractivity contribution < 1.29 is 18.9 Å². The van der Waals surface area contributed by atoms with E-state index in [-0.39, 0.29) is 18.9 Å². The zero-order valence-corrected chi connectivity index (χ0v) is 20.1. The van der Waals surface area contributed by atoms with Gasteiger partial charge in [0.2, 0.25) is 0 Å². The predicted molar refractivity (Wildman–Crippen MR) is 130 cm³/mol. The molecule has 1 heteroatoms. The van der Waals surface area contributed by atoms with Gasteiger partial charge in [0.1, 0.15) is 0 Å². The Kier molecular flexibility index (Phi) is 10.7. The Balaban J connectivity index is 0.00000341. The van der Waals surface area contributed by atoms with Gasteiger partial charge in [-0.25, -0.2) is 0 Å². The fraction of sp³-hybridized carbons (Fsp3) is 0.400. The molecule has 0 radical (unpaired) electrons. The number of hydrogen-bond acceptors (Lipinski definition) is 0. The maximum atomic E-state index is 3.42. The molecule has 0 N–H and O–H groups in total. The summed E-state index contributed by atoms with van der Waals surface area (Å²) in [4.78, 5) is 0. The van der Waals surface area contributed by atoms with Crippen molar-refractivity contribution in [3.63, 3.8) is 0 Å². The second kappa shape index (κ2) is 13.0. The van der Waals surface area contributed by atoms with Crippen LogP contribution in [-0.2, 0) is 0 Å². The van der Waals surface area contributed by atoms with Crippen LogP contribution in [0.1, 0.15) is 87.5 Å². The summed E-state index contributed by atoms with van der Waals surface area (Å²) in [6.45, 7) is 9.39. The number of benzene rings is 3. The summed E-state index contributed by atoms with van der Waals surface area (Å²) in [6.07, 6.45) is 4.79. The van der Waals surface area contributed by atoms with Gasteiger partial charge in [-0.3, -0.25) is 0 Å². The van der Waals surface area contributed by atoms with Crippen molar-refractivity contribution in [3.8, 4) is 0 Å². The van der Waals surface area contributed by atoms with Crippen LogP contribution in [0.5, 0.6) is 0 Å². The van der Waals surface area contributed by atoms with Gasteiger partial charge in [-0.15, -0.1) is 11.1 Å². The van der Waals surface area contributed by atoms with Gasteiger partial charge in [0.15, 0.2) is 0 Å². The van der Waals surface area contributed by atoms with Gasteiger partial charge in [0, 0.05) is 0 Å².